The van der Waals surface area contributed by atoms with Gasteiger partial charge in [-0.2, -0.15) is 0 Å². The van der Waals surface area contributed by atoms with Crippen LogP contribution in [0.2, 0.25) is 5.02 Å². The number of amides is 1. The summed E-state index contributed by atoms with van der Waals surface area (Å²) in [4.78, 5) is 19.0. The Morgan fingerprint density at radius 1 is 1.24 bits per heavy atom. The van der Waals surface area contributed by atoms with Crippen LogP contribution in [0.25, 0.3) is 10.9 Å². The number of H-pyrrole nitrogens is 1. The summed E-state index contributed by atoms with van der Waals surface area (Å²) < 4.78 is 0. The standard InChI is InChI=1S/C16H14ClN3O/c17-13-1-2-15-14(9-13)12(10-20-15)5-8-19-16(21)11-3-6-18-7-4-11/h1-4,6-7,9-10,20H,5,8H2,(H,19,21). The van der Waals surface area contributed by atoms with Crippen molar-refractivity contribution >= 4 is 28.4 Å². The number of aromatic amines is 1. The fourth-order valence-corrected chi connectivity index (χ4v) is 2.45. The summed E-state index contributed by atoms with van der Waals surface area (Å²) in [5.41, 5.74) is 2.81. The Bertz CT molecular complexity index is 768. The first-order valence-electron chi connectivity index (χ1n) is 6.68. The van der Waals surface area contributed by atoms with Gasteiger partial charge in [0.1, 0.15) is 0 Å². The fraction of sp³-hybridized carbons (Fsp3) is 0.125. The lowest BCUT2D eigenvalue weighted by Crippen LogP contribution is -2.25. The zero-order chi connectivity index (χ0) is 14.7. The number of rotatable bonds is 4. The maximum absolute atomic E-state index is 11.9. The molecule has 3 aromatic rings. The number of carbonyl (C=O) groups excluding carboxylic acids is 1. The first kappa shape index (κ1) is 13.6. The molecule has 1 amide bonds. The maximum Gasteiger partial charge on any atom is 0.251 e. The number of pyridine rings is 1. The molecule has 0 aliphatic heterocycles. The SMILES string of the molecule is O=C(NCCc1c[nH]c2ccc(Cl)cc12)c1ccncc1. The number of halogens is 1. The molecule has 0 atom stereocenters. The molecule has 0 bridgehead atoms. The molecule has 21 heavy (non-hydrogen) atoms. The number of hydrogen-bond acceptors (Lipinski definition) is 2. The average Bonchev–Trinajstić information content (AvgIpc) is 2.90. The van der Waals surface area contributed by atoms with E-state index in [2.05, 4.69) is 15.3 Å². The minimum absolute atomic E-state index is 0.0877. The molecule has 1 aromatic carbocycles. The maximum atomic E-state index is 11.9. The third-order valence-corrected chi connectivity index (χ3v) is 3.59. The summed E-state index contributed by atoms with van der Waals surface area (Å²) in [6.45, 7) is 0.570. The van der Waals surface area contributed by atoms with Crippen LogP contribution in [0, 0.1) is 0 Å². The van der Waals surface area contributed by atoms with Crippen LogP contribution in [0.3, 0.4) is 0 Å². The van der Waals surface area contributed by atoms with Gasteiger partial charge in [0.15, 0.2) is 0 Å². The van der Waals surface area contributed by atoms with Gasteiger partial charge in [-0.05, 0) is 42.3 Å². The molecule has 2 aromatic heterocycles. The van der Waals surface area contributed by atoms with Gasteiger partial charge in [-0.25, -0.2) is 0 Å². The molecular weight excluding hydrogens is 286 g/mol. The van der Waals surface area contributed by atoms with Crippen LogP contribution in [0.1, 0.15) is 15.9 Å². The van der Waals surface area contributed by atoms with Crippen LogP contribution >= 0.6 is 11.6 Å². The Morgan fingerprint density at radius 3 is 2.86 bits per heavy atom. The molecule has 2 N–H and O–H groups in total. The molecule has 4 nitrogen and oxygen atoms in total. The average molecular weight is 300 g/mol. The van der Waals surface area contributed by atoms with Crippen molar-refractivity contribution in [3.05, 3.63) is 65.1 Å². The fourth-order valence-electron chi connectivity index (χ4n) is 2.27. The molecule has 0 saturated carbocycles. The second kappa shape index (κ2) is 5.97. The Labute approximate surface area is 127 Å². The van der Waals surface area contributed by atoms with Crippen LogP contribution in [0.5, 0.6) is 0 Å². The molecular formula is C16H14ClN3O. The van der Waals surface area contributed by atoms with Gasteiger partial charge >= 0.3 is 0 Å². The van der Waals surface area contributed by atoms with Crippen molar-refractivity contribution in [2.75, 3.05) is 6.54 Å². The summed E-state index contributed by atoms with van der Waals surface area (Å²) in [5.74, 6) is -0.0877. The summed E-state index contributed by atoms with van der Waals surface area (Å²) in [5, 5.41) is 4.71. The minimum Gasteiger partial charge on any atom is -0.361 e. The number of hydrogen-bond donors (Lipinski definition) is 2. The molecule has 0 aliphatic rings. The molecule has 106 valence electrons. The van der Waals surface area contributed by atoms with E-state index in [4.69, 9.17) is 11.6 Å². The largest absolute Gasteiger partial charge is 0.361 e. The molecule has 2 heterocycles. The van der Waals surface area contributed by atoms with Crippen molar-refractivity contribution in [2.24, 2.45) is 0 Å². The molecule has 3 rings (SSSR count). The van der Waals surface area contributed by atoms with Crippen LogP contribution in [0.4, 0.5) is 0 Å². The quantitative estimate of drug-likeness (QED) is 0.777. The second-order valence-corrected chi connectivity index (χ2v) is 5.18. The van der Waals surface area contributed by atoms with E-state index in [0.717, 1.165) is 22.9 Å². The van der Waals surface area contributed by atoms with Gasteiger partial charge in [0.25, 0.3) is 5.91 Å². The summed E-state index contributed by atoms with van der Waals surface area (Å²) >= 11 is 6.02. The zero-order valence-electron chi connectivity index (χ0n) is 11.3. The minimum atomic E-state index is -0.0877. The normalized spacial score (nSPS) is 10.7. The third-order valence-electron chi connectivity index (χ3n) is 3.35. The number of nitrogens with one attached hydrogen (secondary N) is 2. The summed E-state index contributed by atoms with van der Waals surface area (Å²) in [6.07, 6.45) is 5.92. The number of benzene rings is 1. The lowest BCUT2D eigenvalue weighted by molar-refractivity contribution is 0.0954. The highest BCUT2D eigenvalue weighted by molar-refractivity contribution is 6.31. The predicted octanol–water partition coefficient (Wildman–Crippen LogP) is 3.19. The smallest absolute Gasteiger partial charge is 0.251 e. The predicted molar refractivity (Wildman–Crippen MR) is 83.6 cm³/mol. The highest BCUT2D eigenvalue weighted by Gasteiger charge is 2.07. The highest BCUT2D eigenvalue weighted by atomic mass is 35.5. The molecule has 0 radical (unpaired) electrons. The number of carbonyl (C=O) groups is 1. The number of fused-ring (bicyclic) bond motifs is 1. The molecule has 5 heteroatoms. The van der Waals surface area contributed by atoms with Crippen LogP contribution in [-0.4, -0.2) is 22.4 Å². The van der Waals surface area contributed by atoms with E-state index in [-0.39, 0.29) is 5.91 Å². The van der Waals surface area contributed by atoms with Crippen molar-refractivity contribution in [3.8, 4) is 0 Å². The molecule has 0 saturated heterocycles. The van der Waals surface area contributed by atoms with Crippen molar-refractivity contribution in [1.29, 1.82) is 0 Å². The number of aromatic nitrogens is 2. The third kappa shape index (κ3) is 3.06. The van der Waals surface area contributed by atoms with E-state index in [1.54, 1.807) is 24.5 Å². The first-order chi connectivity index (χ1) is 10.2. The van der Waals surface area contributed by atoms with Gasteiger partial charge in [0, 0.05) is 46.6 Å². The molecule has 0 aliphatic carbocycles. The Morgan fingerprint density at radius 2 is 2.05 bits per heavy atom. The van der Waals surface area contributed by atoms with Crippen molar-refractivity contribution in [2.45, 2.75) is 6.42 Å². The van der Waals surface area contributed by atoms with E-state index in [9.17, 15) is 4.79 Å². The second-order valence-electron chi connectivity index (χ2n) is 4.75. The van der Waals surface area contributed by atoms with Gasteiger partial charge < -0.3 is 10.3 Å². The van der Waals surface area contributed by atoms with Crippen LogP contribution in [0.15, 0.2) is 48.9 Å². The number of nitrogens with zero attached hydrogens (tertiary/aromatic N) is 1. The lowest BCUT2D eigenvalue weighted by atomic mass is 10.1. The molecule has 0 unspecified atom stereocenters. The van der Waals surface area contributed by atoms with Crippen molar-refractivity contribution in [3.63, 3.8) is 0 Å². The first-order valence-corrected chi connectivity index (χ1v) is 7.05. The van der Waals surface area contributed by atoms with Gasteiger partial charge in [-0.3, -0.25) is 9.78 Å². The van der Waals surface area contributed by atoms with E-state index in [1.807, 2.05) is 24.4 Å². The van der Waals surface area contributed by atoms with Gasteiger partial charge in [-0.1, -0.05) is 11.6 Å². The van der Waals surface area contributed by atoms with E-state index in [0.29, 0.717) is 17.1 Å². The van der Waals surface area contributed by atoms with Gasteiger partial charge in [0.05, 0.1) is 0 Å². The van der Waals surface area contributed by atoms with Crippen molar-refractivity contribution in [1.82, 2.24) is 15.3 Å². The van der Waals surface area contributed by atoms with E-state index in [1.165, 1.54) is 0 Å². The summed E-state index contributed by atoms with van der Waals surface area (Å²) in [6, 6.07) is 9.14. The monoisotopic (exact) mass is 299 g/mol. The highest BCUT2D eigenvalue weighted by Crippen LogP contribution is 2.22. The topological polar surface area (TPSA) is 57.8 Å². The summed E-state index contributed by atoms with van der Waals surface area (Å²) in [7, 11) is 0. The zero-order valence-corrected chi connectivity index (χ0v) is 12.0. The van der Waals surface area contributed by atoms with Gasteiger partial charge in [0.2, 0.25) is 0 Å². The van der Waals surface area contributed by atoms with Crippen LogP contribution in [-0.2, 0) is 6.42 Å². The van der Waals surface area contributed by atoms with Crippen LogP contribution < -0.4 is 5.32 Å². The lowest BCUT2D eigenvalue weighted by Gasteiger charge is -2.04. The Kier molecular flexibility index (Phi) is 3.88. The molecule has 0 spiro atoms. The van der Waals surface area contributed by atoms with E-state index >= 15 is 0 Å². The Hall–Kier alpha value is -2.33. The van der Waals surface area contributed by atoms with E-state index < -0.39 is 0 Å². The Balaban J connectivity index is 1.65. The van der Waals surface area contributed by atoms with Gasteiger partial charge in [-0.15, -0.1) is 0 Å². The molecule has 0 fully saturated rings. The van der Waals surface area contributed by atoms with Crippen molar-refractivity contribution < 1.29 is 4.79 Å².